The van der Waals surface area contributed by atoms with E-state index < -0.39 is 32.1 Å². The third-order valence-corrected chi connectivity index (χ3v) is 9.81. The van der Waals surface area contributed by atoms with Crippen molar-refractivity contribution < 1.29 is 27.4 Å². The van der Waals surface area contributed by atoms with Gasteiger partial charge in [-0.25, -0.2) is 13.4 Å². The molecule has 6 N–H and O–H groups in total. The van der Waals surface area contributed by atoms with E-state index >= 15 is 0 Å². The van der Waals surface area contributed by atoms with Gasteiger partial charge in [0.15, 0.2) is 11.6 Å². The average Bonchev–Trinajstić information content (AvgIpc) is 3.41. The van der Waals surface area contributed by atoms with E-state index in [1.165, 1.54) is 29.5 Å². The first-order chi connectivity index (χ1) is 19.6. The number of carbonyl (C=O) groups excluding carboxylic acids is 1. The Bertz CT molecular complexity index is 1710. The SMILES string of the molecule is CC(C)(C)CCC1(NCc2nccs2)C(=O)C(C2=NS(O)(O)c3cc(NS(C)(=O)=O)ccc3N2)=C(O)c2ccccc21. The lowest BCUT2D eigenvalue weighted by Crippen LogP contribution is -2.53. The van der Waals surface area contributed by atoms with E-state index in [1.54, 1.807) is 18.3 Å². The van der Waals surface area contributed by atoms with Crippen LogP contribution in [0.3, 0.4) is 0 Å². The summed E-state index contributed by atoms with van der Waals surface area (Å²) in [7, 11) is -7.52. The molecule has 0 radical (unpaired) electrons. The first kappa shape index (κ1) is 30.2. The summed E-state index contributed by atoms with van der Waals surface area (Å²) in [5.74, 6) is -1.00. The minimum Gasteiger partial charge on any atom is -0.506 e. The van der Waals surface area contributed by atoms with Crippen LogP contribution in [-0.4, -0.2) is 45.5 Å². The Labute approximate surface area is 250 Å². The molecule has 0 saturated carbocycles. The van der Waals surface area contributed by atoms with Crippen LogP contribution < -0.4 is 15.4 Å². The van der Waals surface area contributed by atoms with Crippen LogP contribution in [0.1, 0.15) is 49.7 Å². The first-order valence-electron chi connectivity index (χ1n) is 13.1. The zero-order valence-corrected chi connectivity index (χ0v) is 26.0. The number of benzene rings is 2. The average molecular weight is 632 g/mol. The second-order valence-electron chi connectivity index (χ2n) is 11.5. The molecule has 0 saturated heterocycles. The molecule has 0 spiro atoms. The molecule has 2 aliphatic rings. The number of thiazole rings is 1. The molecule has 1 atom stereocenters. The molecular formula is C28H33N5O6S3. The normalized spacial score (nSPS) is 20.7. The molecule has 5 rings (SSSR count). The predicted molar refractivity (Wildman–Crippen MR) is 167 cm³/mol. The number of anilines is 2. The number of fused-ring (bicyclic) bond motifs is 2. The Morgan fingerprint density at radius 1 is 1.14 bits per heavy atom. The first-order valence-corrected chi connectivity index (χ1v) is 17.4. The van der Waals surface area contributed by atoms with Gasteiger partial charge in [0.05, 0.1) is 17.6 Å². The van der Waals surface area contributed by atoms with Crippen molar-refractivity contribution in [3.63, 3.8) is 0 Å². The fraction of sp³-hybridized carbons (Fsp3) is 0.321. The number of ketones is 1. The monoisotopic (exact) mass is 631 g/mol. The second kappa shape index (κ2) is 10.8. The van der Waals surface area contributed by atoms with Crippen LogP contribution in [0.2, 0.25) is 0 Å². The van der Waals surface area contributed by atoms with Gasteiger partial charge in [-0.3, -0.25) is 23.9 Å². The number of sulfonamides is 1. The molecule has 224 valence electrons. The van der Waals surface area contributed by atoms with Gasteiger partial charge in [-0.1, -0.05) is 55.8 Å². The van der Waals surface area contributed by atoms with E-state index in [1.807, 2.05) is 17.5 Å². The van der Waals surface area contributed by atoms with E-state index in [9.17, 15) is 27.4 Å². The summed E-state index contributed by atoms with van der Waals surface area (Å²) in [4.78, 5) is 19.0. The number of rotatable bonds is 8. The quantitative estimate of drug-likeness (QED) is 0.182. The Kier molecular flexibility index (Phi) is 7.75. The van der Waals surface area contributed by atoms with E-state index in [2.05, 4.69) is 45.5 Å². The van der Waals surface area contributed by atoms with Gasteiger partial charge in [-0.2, -0.15) is 0 Å². The summed E-state index contributed by atoms with van der Waals surface area (Å²) < 4.78 is 52.0. The highest BCUT2D eigenvalue weighted by Gasteiger charge is 2.50. The zero-order valence-electron chi connectivity index (χ0n) is 23.5. The summed E-state index contributed by atoms with van der Waals surface area (Å²) in [5, 5.41) is 20.6. The molecule has 1 aliphatic carbocycles. The maximum absolute atomic E-state index is 14.7. The second-order valence-corrected chi connectivity index (χ2v) is 15.9. The molecule has 14 heteroatoms. The van der Waals surface area contributed by atoms with Crippen LogP contribution in [0, 0.1) is 5.41 Å². The zero-order chi connectivity index (χ0) is 30.5. The molecule has 3 aromatic rings. The highest BCUT2D eigenvalue weighted by atomic mass is 32.3. The molecule has 0 fully saturated rings. The molecule has 1 unspecified atom stereocenters. The lowest BCUT2D eigenvalue weighted by atomic mass is 9.70. The number of amidine groups is 1. The Balaban J connectivity index is 1.63. The molecular weight excluding hydrogens is 599 g/mol. The number of aliphatic hydroxyl groups excluding tert-OH is 1. The fourth-order valence-corrected chi connectivity index (χ4v) is 7.37. The van der Waals surface area contributed by atoms with Gasteiger partial charge in [-0.15, -0.1) is 15.7 Å². The van der Waals surface area contributed by atoms with Gasteiger partial charge in [0.2, 0.25) is 10.0 Å². The number of hydrogen-bond acceptors (Lipinski definition) is 11. The van der Waals surface area contributed by atoms with Crippen molar-refractivity contribution in [3.05, 3.63) is 75.7 Å². The number of hydrogen-bond donors (Lipinski definition) is 6. The number of carbonyl (C=O) groups is 1. The topological polar surface area (TPSA) is 173 Å². The Morgan fingerprint density at radius 3 is 2.55 bits per heavy atom. The van der Waals surface area contributed by atoms with Crippen LogP contribution in [0.25, 0.3) is 5.76 Å². The highest BCUT2D eigenvalue weighted by molar-refractivity contribution is 8.23. The number of nitrogens with one attached hydrogen (secondary N) is 3. The van der Waals surface area contributed by atoms with Gasteiger partial charge in [0.25, 0.3) is 0 Å². The maximum Gasteiger partial charge on any atom is 0.229 e. The molecule has 11 nitrogen and oxygen atoms in total. The summed E-state index contributed by atoms with van der Waals surface area (Å²) >= 11 is 1.45. The summed E-state index contributed by atoms with van der Waals surface area (Å²) in [5.41, 5.74) is -0.229. The smallest absolute Gasteiger partial charge is 0.229 e. The van der Waals surface area contributed by atoms with Crippen molar-refractivity contribution in [2.24, 2.45) is 9.81 Å². The van der Waals surface area contributed by atoms with Crippen molar-refractivity contribution in [2.75, 3.05) is 16.3 Å². The lowest BCUT2D eigenvalue weighted by Gasteiger charge is -2.42. The van der Waals surface area contributed by atoms with Crippen molar-refractivity contribution in [1.29, 1.82) is 0 Å². The number of nitrogens with zero attached hydrogens (tertiary/aromatic N) is 2. The van der Waals surface area contributed by atoms with E-state index in [0.717, 1.165) is 11.3 Å². The van der Waals surface area contributed by atoms with Crippen molar-refractivity contribution in [3.8, 4) is 0 Å². The van der Waals surface area contributed by atoms with Gasteiger partial charge in [0, 0.05) is 23.7 Å². The Hall–Kier alpha value is -3.27. The van der Waals surface area contributed by atoms with Crippen LogP contribution in [-0.2, 0) is 26.9 Å². The van der Waals surface area contributed by atoms with Gasteiger partial charge < -0.3 is 10.4 Å². The maximum atomic E-state index is 14.7. The minimum atomic E-state index is -3.90. The van der Waals surface area contributed by atoms with Crippen molar-refractivity contribution >= 4 is 60.9 Å². The minimum absolute atomic E-state index is 0.0514. The molecule has 1 aliphatic heterocycles. The standard InChI is InChI=1S/C28H33N5O6S3/c1-27(2,3)11-12-28(30-16-22-29-13-14-40-22)19-8-6-5-7-18(19)24(34)23(25(28)35)26-31-20-10-9-17(32-41(4,36)37)15-21(20)42(38,39)33-26/h5-10,13-15,30,32,34,38-39H,11-12,16H2,1-4H3,(H,31,33). The number of aromatic nitrogens is 1. The van der Waals surface area contributed by atoms with Crippen LogP contribution in [0.5, 0.6) is 0 Å². The van der Waals surface area contributed by atoms with Crippen molar-refractivity contribution in [1.82, 2.24) is 10.3 Å². The fourth-order valence-electron chi connectivity index (χ4n) is 5.07. The lowest BCUT2D eigenvalue weighted by molar-refractivity contribution is -0.122. The molecule has 2 aromatic carbocycles. The molecule has 0 bridgehead atoms. The van der Waals surface area contributed by atoms with Crippen LogP contribution >= 0.6 is 22.1 Å². The Morgan fingerprint density at radius 2 is 1.88 bits per heavy atom. The molecule has 42 heavy (non-hydrogen) atoms. The summed E-state index contributed by atoms with van der Waals surface area (Å²) in [6.45, 7) is 6.55. The molecule has 2 heterocycles. The van der Waals surface area contributed by atoms with Crippen molar-refractivity contribution in [2.45, 2.75) is 50.6 Å². The van der Waals surface area contributed by atoms with E-state index in [4.69, 9.17) is 0 Å². The molecule has 1 aromatic heterocycles. The molecule has 0 amide bonds. The largest absolute Gasteiger partial charge is 0.506 e. The van der Waals surface area contributed by atoms with Gasteiger partial charge in [-0.05, 0) is 42.0 Å². The number of Topliss-reactive ketones (excluding diaryl/α,β-unsaturated/α-hetero) is 1. The van der Waals surface area contributed by atoms with Gasteiger partial charge in [0.1, 0.15) is 26.8 Å². The van der Waals surface area contributed by atoms with Crippen LogP contribution in [0.15, 0.2) is 68.9 Å². The summed E-state index contributed by atoms with van der Waals surface area (Å²) in [6.07, 6.45) is 3.71. The third kappa shape index (κ3) is 5.96. The van der Waals surface area contributed by atoms with E-state index in [-0.39, 0.29) is 38.9 Å². The highest BCUT2D eigenvalue weighted by Crippen LogP contribution is 2.57. The summed E-state index contributed by atoms with van der Waals surface area (Å²) in [6, 6.07) is 11.3. The van der Waals surface area contributed by atoms with Gasteiger partial charge >= 0.3 is 0 Å². The van der Waals surface area contributed by atoms with Crippen LogP contribution in [0.4, 0.5) is 11.4 Å². The van der Waals surface area contributed by atoms with E-state index in [0.29, 0.717) is 30.5 Å². The predicted octanol–water partition coefficient (Wildman–Crippen LogP) is 5.73. The number of aliphatic hydroxyl groups is 1. The third-order valence-electron chi connectivity index (χ3n) is 7.06.